The highest BCUT2D eigenvalue weighted by atomic mass is 16.3. The Morgan fingerprint density at radius 2 is 1.97 bits per heavy atom. The van der Waals surface area contributed by atoms with Gasteiger partial charge in [0.1, 0.15) is 11.6 Å². The number of H-pyrrole nitrogens is 1. The van der Waals surface area contributed by atoms with Crippen LogP contribution in [0.4, 0.5) is 17.5 Å². The first-order chi connectivity index (χ1) is 14.2. The van der Waals surface area contributed by atoms with E-state index in [0.717, 1.165) is 34.8 Å². The Kier molecular flexibility index (Phi) is 3.79. The van der Waals surface area contributed by atoms with E-state index < -0.39 is 0 Å². The highest BCUT2D eigenvalue weighted by molar-refractivity contribution is 5.92. The SMILES string of the molecule is CN(c1nc(Nc2cc(CO)[nH]n2)cc2ncccc12)[C@@H]1C[C@H]2CC3C[C@@H](C1)N32. The van der Waals surface area contributed by atoms with Crippen molar-refractivity contribution >= 4 is 28.4 Å². The smallest absolute Gasteiger partial charge is 0.153 e. The molecule has 4 atom stereocenters. The summed E-state index contributed by atoms with van der Waals surface area (Å²) in [5.41, 5.74) is 1.57. The summed E-state index contributed by atoms with van der Waals surface area (Å²) in [7, 11) is 2.17. The number of piperidine rings is 2. The van der Waals surface area contributed by atoms with E-state index in [9.17, 15) is 5.11 Å². The van der Waals surface area contributed by atoms with Crippen molar-refractivity contribution in [1.82, 2.24) is 25.1 Å². The fraction of sp³-hybridized carbons (Fsp3) is 0.476. The van der Waals surface area contributed by atoms with Gasteiger partial charge in [0.15, 0.2) is 5.82 Å². The first-order valence-electron chi connectivity index (χ1n) is 10.4. The number of aliphatic hydroxyl groups is 1. The molecule has 0 spiro atoms. The minimum atomic E-state index is -0.0722. The zero-order chi connectivity index (χ0) is 19.5. The van der Waals surface area contributed by atoms with Gasteiger partial charge in [-0.15, -0.1) is 0 Å². The minimum absolute atomic E-state index is 0.0722. The zero-order valence-corrected chi connectivity index (χ0v) is 16.4. The van der Waals surface area contributed by atoms with Crippen LogP contribution in [-0.2, 0) is 6.61 Å². The Labute approximate surface area is 169 Å². The van der Waals surface area contributed by atoms with E-state index >= 15 is 0 Å². The van der Waals surface area contributed by atoms with Gasteiger partial charge >= 0.3 is 0 Å². The van der Waals surface area contributed by atoms with Crippen LogP contribution in [0.25, 0.3) is 10.9 Å². The average molecular weight is 391 g/mol. The van der Waals surface area contributed by atoms with Crippen LogP contribution in [-0.4, -0.2) is 61.4 Å². The van der Waals surface area contributed by atoms with Gasteiger partial charge in [-0.05, 0) is 37.8 Å². The van der Waals surface area contributed by atoms with Crippen molar-refractivity contribution in [1.29, 1.82) is 0 Å². The summed E-state index contributed by atoms with van der Waals surface area (Å²) in [6, 6.07) is 10.7. The van der Waals surface area contributed by atoms with E-state index in [1.165, 1.54) is 25.7 Å². The molecule has 3 aliphatic heterocycles. The van der Waals surface area contributed by atoms with Crippen molar-refractivity contribution in [3.63, 3.8) is 0 Å². The Hall–Kier alpha value is -2.71. The maximum absolute atomic E-state index is 9.25. The Bertz CT molecular complexity index is 1050. The number of nitrogens with one attached hydrogen (secondary N) is 2. The minimum Gasteiger partial charge on any atom is -0.390 e. The molecule has 3 aliphatic rings. The maximum Gasteiger partial charge on any atom is 0.153 e. The summed E-state index contributed by atoms with van der Waals surface area (Å²) in [5, 5.41) is 20.6. The molecule has 1 unspecified atom stereocenters. The molecule has 29 heavy (non-hydrogen) atoms. The first kappa shape index (κ1) is 17.2. The van der Waals surface area contributed by atoms with Crippen LogP contribution in [0.3, 0.4) is 0 Å². The van der Waals surface area contributed by atoms with Crippen LogP contribution >= 0.6 is 0 Å². The molecule has 0 aromatic carbocycles. The number of aromatic nitrogens is 4. The average Bonchev–Trinajstić information content (AvgIpc) is 3.15. The lowest BCUT2D eigenvalue weighted by molar-refractivity contribution is -0.148. The Morgan fingerprint density at radius 3 is 2.69 bits per heavy atom. The molecule has 3 fully saturated rings. The van der Waals surface area contributed by atoms with E-state index in [0.29, 0.717) is 23.4 Å². The van der Waals surface area contributed by atoms with Gasteiger partial charge in [0, 0.05) is 54.9 Å². The molecule has 0 aliphatic carbocycles. The zero-order valence-electron chi connectivity index (χ0n) is 16.4. The van der Waals surface area contributed by atoms with Gasteiger partial charge in [0.25, 0.3) is 0 Å². The van der Waals surface area contributed by atoms with Gasteiger partial charge in [-0.25, -0.2) is 4.98 Å². The summed E-state index contributed by atoms with van der Waals surface area (Å²) in [5.74, 6) is 2.30. The second kappa shape index (κ2) is 6.40. The molecule has 6 rings (SSSR count). The highest BCUT2D eigenvalue weighted by Crippen LogP contribution is 2.49. The summed E-state index contributed by atoms with van der Waals surface area (Å²) < 4.78 is 0. The molecule has 6 heterocycles. The summed E-state index contributed by atoms with van der Waals surface area (Å²) in [4.78, 5) is 14.6. The van der Waals surface area contributed by atoms with Gasteiger partial charge in [-0.2, -0.15) is 5.10 Å². The van der Waals surface area contributed by atoms with Gasteiger partial charge in [-0.1, -0.05) is 0 Å². The number of pyridine rings is 2. The predicted molar refractivity (Wildman–Crippen MR) is 111 cm³/mol. The van der Waals surface area contributed by atoms with Gasteiger partial charge in [0.2, 0.25) is 0 Å². The standard InChI is InChI=1S/C21H25N7O/c1-27(13-6-14-8-16-9-15(7-13)28(14)16)21-17-3-2-4-22-18(17)10-19(24-21)23-20-5-12(11-29)25-26-20/h2-5,10,13-16,29H,6-9,11H2,1H3,(H2,23,24,25,26)/t13-,14+,15-,16?. The predicted octanol–water partition coefficient (Wildman–Crippen LogP) is 2.40. The topological polar surface area (TPSA) is 93.2 Å². The molecule has 8 nitrogen and oxygen atoms in total. The lowest BCUT2D eigenvalue weighted by atomic mass is 9.68. The quantitative estimate of drug-likeness (QED) is 0.615. The van der Waals surface area contributed by atoms with Crippen LogP contribution < -0.4 is 10.2 Å². The number of aliphatic hydroxyl groups excluding tert-OH is 1. The van der Waals surface area contributed by atoms with Gasteiger partial charge in [-0.3, -0.25) is 15.0 Å². The number of aromatic amines is 1. The number of hydrogen-bond donors (Lipinski definition) is 3. The molecule has 150 valence electrons. The molecule has 0 saturated carbocycles. The lowest BCUT2D eigenvalue weighted by Gasteiger charge is -2.66. The van der Waals surface area contributed by atoms with Crippen molar-refractivity contribution < 1.29 is 5.11 Å². The summed E-state index contributed by atoms with van der Waals surface area (Å²) >= 11 is 0. The third-order valence-corrected chi connectivity index (χ3v) is 6.96. The van der Waals surface area contributed by atoms with Crippen molar-refractivity contribution in [2.75, 3.05) is 17.3 Å². The normalized spacial score (nSPS) is 27.8. The number of hydrogen-bond acceptors (Lipinski definition) is 7. The van der Waals surface area contributed by atoms with E-state index in [1.807, 2.05) is 18.3 Å². The molecule has 3 saturated heterocycles. The highest BCUT2D eigenvalue weighted by Gasteiger charge is 2.55. The Balaban J connectivity index is 1.33. The third-order valence-electron chi connectivity index (χ3n) is 6.96. The number of nitrogens with zero attached hydrogens (tertiary/aromatic N) is 5. The second-order valence-corrected chi connectivity index (χ2v) is 8.58. The molecule has 0 bridgehead atoms. The van der Waals surface area contributed by atoms with E-state index in [1.54, 1.807) is 6.07 Å². The van der Waals surface area contributed by atoms with Crippen molar-refractivity contribution in [2.45, 2.75) is 56.5 Å². The molecule has 0 amide bonds. The van der Waals surface area contributed by atoms with Crippen molar-refractivity contribution in [2.24, 2.45) is 0 Å². The molecular weight excluding hydrogens is 366 g/mol. The molecule has 3 aromatic heterocycles. The molecule has 8 heteroatoms. The second-order valence-electron chi connectivity index (χ2n) is 8.58. The van der Waals surface area contributed by atoms with Crippen molar-refractivity contribution in [3.05, 3.63) is 36.2 Å². The molecule has 3 aromatic rings. The summed E-state index contributed by atoms with van der Waals surface area (Å²) in [6.07, 6.45) is 6.97. The van der Waals surface area contributed by atoms with Crippen LogP contribution in [0, 0.1) is 0 Å². The Morgan fingerprint density at radius 1 is 1.17 bits per heavy atom. The number of fused-ring (bicyclic) bond motifs is 1. The monoisotopic (exact) mass is 391 g/mol. The molecule has 0 radical (unpaired) electrons. The van der Waals surface area contributed by atoms with Gasteiger partial charge in [0.05, 0.1) is 17.8 Å². The third kappa shape index (κ3) is 2.70. The molecular formula is C21H25N7O. The van der Waals surface area contributed by atoms with Crippen LogP contribution in [0.15, 0.2) is 30.5 Å². The van der Waals surface area contributed by atoms with Gasteiger partial charge < -0.3 is 15.3 Å². The van der Waals surface area contributed by atoms with E-state index in [2.05, 4.69) is 43.4 Å². The molecule has 3 N–H and O–H groups in total. The fourth-order valence-electron chi connectivity index (χ4n) is 5.51. The fourth-order valence-corrected chi connectivity index (χ4v) is 5.51. The summed E-state index contributed by atoms with van der Waals surface area (Å²) in [6.45, 7) is -0.0722. The van der Waals surface area contributed by atoms with E-state index in [-0.39, 0.29) is 6.61 Å². The van der Waals surface area contributed by atoms with Crippen LogP contribution in [0.1, 0.15) is 31.4 Å². The number of rotatable bonds is 5. The van der Waals surface area contributed by atoms with Crippen molar-refractivity contribution in [3.8, 4) is 0 Å². The first-order valence-corrected chi connectivity index (χ1v) is 10.4. The maximum atomic E-state index is 9.25. The van der Waals surface area contributed by atoms with E-state index in [4.69, 9.17) is 4.98 Å². The van der Waals surface area contributed by atoms with Crippen LogP contribution in [0.5, 0.6) is 0 Å². The number of anilines is 3. The largest absolute Gasteiger partial charge is 0.390 e. The van der Waals surface area contributed by atoms with Crippen LogP contribution in [0.2, 0.25) is 0 Å². The lowest BCUT2D eigenvalue weighted by Crippen LogP contribution is -2.74.